The van der Waals surface area contributed by atoms with Crippen LogP contribution in [0.5, 0.6) is 5.75 Å². The van der Waals surface area contributed by atoms with Gasteiger partial charge in [-0.05, 0) is 36.2 Å². The van der Waals surface area contributed by atoms with E-state index >= 15 is 0 Å². The molecule has 2 aliphatic rings. The summed E-state index contributed by atoms with van der Waals surface area (Å²) in [6, 6.07) is 25.0. The highest BCUT2D eigenvalue weighted by Crippen LogP contribution is 2.37. The number of ether oxygens (including phenoxy) is 1. The standard InChI is InChI=1S/C28H27N3O3/c1-20-10-6-7-13-22(20)31-27(32)25(21-11-4-3-5-12-21)26(28(31)33)30-18-16-29(17-19-30)23-14-8-9-15-24(23)34-2/h3-15H,16-19H2,1-2H3. The van der Waals surface area contributed by atoms with Crippen molar-refractivity contribution in [2.75, 3.05) is 43.1 Å². The highest BCUT2D eigenvalue weighted by Gasteiger charge is 2.43. The Labute approximate surface area is 199 Å². The SMILES string of the molecule is COc1ccccc1N1CCN(C2=C(c3ccccc3)C(=O)N(c3ccccc3C)C2=O)CC1. The molecular weight excluding hydrogens is 426 g/mol. The number of hydrogen-bond acceptors (Lipinski definition) is 5. The van der Waals surface area contributed by atoms with Crippen molar-refractivity contribution in [2.45, 2.75) is 6.92 Å². The van der Waals surface area contributed by atoms with Crippen molar-refractivity contribution < 1.29 is 14.3 Å². The predicted octanol–water partition coefficient (Wildman–Crippen LogP) is 4.11. The Balaban J connectivity index is 1.49. The molecule has 172 valence electrons. The van der Waals surface area contributed by atoms with Crippen LogP contribution in [0.1, 0.15) is 11.1 Å². The first-order chi connectivity index (χ1) is 16.6. The fourth-order valence-electron chi connectivity index (χ4n) is 4.77. The van der Waals surface area contributed by atoms with Gasteiger partial charge in [-0.2, -0.15) is 0 Å². The molecular formula is C28H27N3O3. The van der Waals surface area contributed by atoms with E-state index in [9.17, 15) is 9.59 Å². The molecule has 0 aromatic heterocycles. The lowest BCUT2D eigenvalue weighted by Gasteiger charge is -2.38. The van der Waals surface area contributed by atoms with Crippen molar-refractivity contribution in [3.8, 4) is 5.75 Å². The molecule has 2 aliphatic heterocycles. The molecule has 6 nitrogen and oxygen atoms in total. The van der Waals surface area contributed by atoms with Crippen LogP contribution in [0.25, 0.3) is 5.57 Å². The minimum absolute atomic E-state index is 0.260. The number of methoxy groups -OCH3 is 1. The Morgan fingerprint density at radius 3 is 1.94 bits per heavy atom. The second-order valence-electron chi connectivity index (χ2n) is 8.47. The average molecular weight is 454 g/mol. The van der Waals surface area contributed by atoms with Crippen molar-refractivity contribution in [3.63, 3.8) is 0 Å². The molecule has 1 saturated heterocycles. The highest BCUT2D eigenvalue weighted by molar-refractivity contribution is 6.45. The van der Waals surface area contributed by atoms with Crippen molar-refractivity contribution in [2.24, 2.45) is 0 Å². The molecule has 2 amide bonds. The number of amides is 2. The van der Waals surface area contributed by atoms with Gasteiger partial charge in [0.25, 0.3) is 11.8 Å². The van der Waals surface area contributed by atoms with Gasteiger partial charge in [-0.3, -0.25) is 9.59 Å². The summed E-state index contributed by atoms with van der Waals surface area (Å²) in [5.41, 5.74) is 4.28. The van der Waals surface area contributed by atoms with E-state index in [-0.39, 0.29) is 11.8 Å². The van der Waals surface area contributed by atoms with E-state index in [4.69, 9.17) is 4.74 Å². The van der Waals surface area contributed by atoms with Gasteiger partial charge >= 0.3 is 0 Å². The molecule has 2 heterocycles. The Morgan fingerprint density at radius 2 is 1.26 bits per heavy atom. The monoisotopic (exact) mass is 453 g/mol. The Bertz CT molecular complexity index is 1260. The van der Waals surface area contributed by atoms with Gasteiger partial charge in [0.2, 0.25) is 0 Å². The molecule has 6 heteroatoms. The summed E-state index contributed by atoms with van der Waals surface area (Å²) in [6.07, 6.45) is 0. The minimum atomic E-state index is -0.271. The molecule has 0 unspecified atom stereocenters. The smallest absolute Gasteiger partial charge is 0.282 e. The third kappa shape index (κ3) is 3.71. The van der Waals surface area contributed by atoms with Crippen molar-refractivity contribution in [3.05, 3.63) is 95.7 Å². The predicted molar refractivity (Wildman–Crippen MR) is 134 cm³/mol. The van der Waals surface area contributed by atoms with Gasteiger partial charge in [-0.15, -0.1) is 0 Å². The largest absolute Gasteiger partial charge is 0.495 e. The van der Waals surface area contributed by atoms with Crippen molar-refractivity contribution in [1.82, 2.24) is 4.90 Å². The topological polar surface area (TPSA) is 53.1 Å². The first-order valence-corrected chi connectivity index (χ1v) is 11.5. The first kappa shape index (κ1) is 21.8. The van der Waals surface area contributed by atoms with Gasteiger partial charge < -0.3 is 14.5 Å². The third-order valence-corrected chi connectivity index (χ3v) is 6.50. The number of para-hydroxylation sites is 3. The first-order valence-electron chi connectivity index (χ1n) is 11.5. The Kier molecular flexibility index (Phi) is 5.80. The number of carbonyl (C=O) groups excluding carboxylic acids is 2. The van der Waals surface area contributed by atoms with Gasteiger partial charge in [-0.1, -0.05) is 60.7 Å². The zero-order valence-electron chi connectivity index (χ0n) is 19.4. The van der Waals surface area contributed by atoms with Gasteiger partial charge in [0.1, 0.15) is 11.4 Å². The molecule has 0 saturated carbocycles. The molecule has 5 rings (SSSR count). The maximum Gasteiger partial charge on any atom is 0.282 e. The van der Waals surface area contributed by atoms with E-state index < -0.39 is 0 Å². The number of rotatable bonds is 5. The second-order valence-corrected chi connectivity index (χ2v) is 8.47. The van der Waals surface area contributed by atoms with Crippen LogP contribution in [-0.2, 0) is 9.59 Å². The van der Waals surface area contributed by atoms with Crippen LogP contribution in [0.3, 0.4) is 0 Å². The molecule has 0 bridgehead atoms. The Morgan fingerprint density at radius 1 is 0.676 bits per heavy atom. The number of imide groups is 1. The van der Waals surface area contributed by atoms with Crippen LogP contribution in [-0.4, -0.2) is 50.0 Å². The summed E-state index contributed by atoms with van der Waals surface area (Å²) in [4.78, 5) is 33.1. The highest BCUT2D eigenvalue weighted by atomic mass is 16.5. The lowest BCUT2D eigenvalue weighted by Crippen LogP contribution is -2.47. The number of hydrogen-bond donors (Lipinski definition) is 0. The van der Waals surface area contributed by atoms with Crippen LogP contribution in [0.4, 0.5) is 11.4 Å². The van der Waals surface area contributed by atoms with Crippen LogP contribution < -0.4 is 14.5 Å². The second kappa shape index (κ2) is 9.06. The molecule has 0 aliphatic carbocycles. The molecule has 3 aromatic carbocycles. The number of benzene rings is 3. The van der Waals surface area contributed by atoms with E-state index in [2.05, 4.69) is 9.80 Å². The van der Waals surface area contributed by atoms with Crippen molar-refractivity contribution in [1.29, 1.82) is 0 Å². The number of carbonyl (C=O) groups is 2. The van der Waals surface area contributed by atoms with Gasteiger partial charge in [0.15, 0.2) is 0 Å². The maximum atomic E-state index is 13.8. The number of nitrogens with zero attached hydrogens (tertiary/aromatic N) is 3. The van der Waals surface area contributed by atoms with Crippen LogP contribution in [0.2, 0.25) is 0 Å². The summed E-state index contributed by atoms with van der Waals surface area (Å²) < 4.78 is 5.54. The van der Waals surface area contributed by atoms with E-state index in [0.717, 1.165) is 35.7 Å². The lowest BCUT2D eigenvalue weighted by atomic mass is 10.0. The number of piperazine rings is 1. The maximum absolute atomic E-state index is 13.8. The van der Waals surface area contributed by atoms with Gasteiger partial charge in [0, 0.05) is 26.2 Å². The summed E-state index contributed by atoms with van der Waals surface area (Å²) in [6.45, 7) is 4.62. The van der Waals surface area contributed by atoms with E-state index in [1.807, 2.05) is 85.8 Å². The van der Waals surface area contributed by atoms with E-state index in [0.29, 0.717) is 30.0 Å². The molecule has 34 heavy (non-hydrogen) atoms. The third-order valence-electron chi connectivity index (χ3n) is 6.50. The number of aryl methyl sites for hydroxylation is 1. The zero-order chi connectivity index (χ0) is 23.7. The normalized spacial score (nSPS) is 16.5. The van der Waals surface area contributed by atoms with Gasteiger partial charge in [-0.25, -0.2) is 4.90 Å². The summed E-state index contributed by atoms with van der Waals surface area (Å²) in [5.74, 6) is 0.301. The fraction of sp³-hybridized carbons (Fsp3) is 0.214. The minimum Gasteiger partial charge on any atom is -0.495 e. The van der Waals surface area contributed by atoms with Crippen LogP contribution in [0, 0.1) is 6.92 Å². The number of anilines is 2. The fourth-order valence-corrected chi connectivity index (χ4v) is 4.77. The quantitative estimate of drug-likeness (QED) is 0.544. The summed E-state index contributed by atoms with van der Waals surface area (Å²) >= 11 is 0. The molecule has 3 aromatic rings. The molecule has 1 fully saturated rings. The molecule has 0 atom stereocenters. The van der Waals surface area contributed by atoms with Gasteiger partial charge in [0.05, 0.1) is 24.1 Å². The lowest BCUT2D eigenvalue weighted by molar-refractivity contribution is -0.120. The van der Waals surface area contributed by atoms with Crippen LogP contribution >= 0.6 is 0 Å². The average Bonchev–Trinajstić information content (AvgIpc) is 3.14. The van der Waals surface area contributed by atoms with Crippen LogP contribution in [0.15, 0.2) is 84.6 Å². The summed E-state index contributed by atoms with van der Waals surface area (Å²) in [5, 5.41) is 0. The van der Waals surface area contributed by atoms with E-state index in [1.54, 1.807) is 7.11 Å². The molecule has 0 radical (unpaired) electrons. The van der Waals surface area contributed by atoms with Crippen molar-refractivity contribution >= 4 is 28.8 Å². The molecule has 0 N–H and O–H groups in total. The summed E-state index contributed by atoms with van der Waals surface area (Å²) in [7, 11) is 1.68. The Hall–Kier alpha value is -4.06. The zero-order valence-corrected chi connectivity index (χ0v) is 19.4. The molecule has 0 spiro atoms. The van der Waals surface area contributed by atoms with E-state index in [1.165, 1.54) is 4.90 Å².